The zero-order valence-corrected chi connectivity index (χ0v) is 17.5. The van der Waals surface area contributed by atoms with Gasteiger partial charge in [-0.2, -0.15) is 0 Å². The van der Waals surface area contributed by atoms with Gasteiger partial charge in [0.25, 0.3) is 0 Å². The number of halogens is 3. The van der Waals surface area contributed by atoms with Crippen LogP contribution in [0.5, 0.6) is 11.5 Å². The maximum Gasteiger partial charge on any atom is 0.573 e. The highest BCUT2D eigenvalue weighted by molar-refractivity contribution is 5.93. The monoisotopic (exact) mass is 452 g/mol. The number of likely N-dealkylation sites (tertiary alicyclic amines) is 1. The van der Waals surface area contributed by atoms with Crippen molar-refractivity contribution in [1.82, 2.24) is 9.88 Å². The molecule has 1 aliphatic heterocycles. The molecule has 1 aromatic carbocycles. The number of hydrogen-bond donors (Lipinski definition) is 2. The summed E-state index contributed by atoms with van der Waals surface area (Å²) in [4.78, 5) is 29.9. The predicted molar refractivity (Wildman–Crippen MR) is 109 cm³/mol. The van der Waals surface area contributed by atoms with E-state index in [9.17, 15) is 22.8 Å². The van der Waals surface area contributed by atoms with Crippen molar-refractivity contribution in [1.29, 1.82) is 0 Å². The maximum atomic E-state index is 13.0. The molecule has 0 bridgehead atoms. The van der Waals surface area contributed by atoms with Crippen molar-refractivity contribution in [3.05, 3.63) is 47.7 Å². The quantitative estimate of drug-likeness (QED) is 0.695. The Balaban J connectivity index is 1.74. The molecule has 0 saturated carbocycles. The standard InChI is InChI=1S/C21H23F3N4O4/c1-20(2)9-17(31-15-8-13(19(26)30)10-27-18(15)25)28(11-20)16(29)7-12-3-5-14(6-4-12)32-21(22,23)24/h3-6,8,10,17H,7,9,11H2,1-2H3,(H2,25,27)(H2,26,30)/t17-/m1/s1. The molecule has 0 radical (unpaired) electrons. The molecule has 0 aliphatic carbocycles. The maximum absolute atomic E-state index is 13.0. The number of anilines is 1. The van der Waals surface area contributed by atoms with Crippen LogP contribution in [0.1, 0.15) is 36.2 Å². The van der Waals surface area contributed by atoms with Crippen LogP contribution < -0.4 is 20.9 Å². The second-order valence-electron chi connectivity index (χ2n) is 8.30. The number of aromatic nitrogens is 1. The van der Waals surface area contributed by atoms with Gasteiger partial charge in [0.1, 0.15) is 5.75 Å². The predicted octanol–water partition coefficient (Wildman–Crippen LogP) is 2.87. The van der Waals surface area contributed by atoms with E-state index >= 15 is 0 Å². The van der Waals surface area contributed by atoms with Crippen LogP contribution in [0.25, 0.3) is 0 Å². The Kier molecular flexibility index (Phi) is 6.20. The number of nitrogen functional groups attached to an aromatic ring is 1. The lowest BCUT2D eigenvalue weighted by Gasteiger charge is -2.26. The summed E-state index contributed by atoms with van der Waals surface area (Å²) in [6.45, 7) is 4.34. The molecule has 2 heterocycles. The lowest BCUT2D eigenvalue weighted by Crippen LogP contribution is -2.40. The normalized spacial score (nSPS) is 17.8. The summed E-state index contributed by atoms with van der Waals surface area (Å²) in [5.74, 6) is -1.15. The average Bonchev–Trinajstić information content (AvgIpc) is 2.98. The van der Waals surface area contributed by atoms with Crippen LogP contribution in [0.3, 0.4) is 0 Å². The van der Waals surface area contributed by atoms with E-state index in [-0.39, 0.29) is 40.6 Å². The molecule has 1 aliphatic rings. The third-order valence-corrected chi connectivity index (χ3v) is 4.94. The van der Waals surface area contributed by atoms with E-state index in [1.165, 1.54) is 29.3 Å². The SMILES string of the molecule is CC1(C)C[C@@H](Oc2cc(C(N)=O)cnc2N)N(C(=O)Cc2ccc(OC(F)(F)F)cc2)C1. The van der Waals surface area contributed by atoms with Gasteiger partial charge in [-0.3, -0.25) is 9.59 Å². The van der Waals surface area contributed by atoms with E-state index in [0.29, 0.717) is 18.5 Å². The lowest BCUT2D eigenvalue weighted by atomic mass is 9.92. The first-order chi connectivity index (χ1) is 14.8. The number of alkyl halides is 3. The van der Waals surface area contributed by atoms with Crippen molar-refractivity contribution < 1.29 is 32.2 Å². The fraction of sp³-hybridized carbons (Fsp3) is 0.381. The molecule has 1 saturated heterocycles. The second-order valence-corrected chi connectivity index (χ2v) is 8.30. The van der Waals surface area contributed by atoms with E-state index in [1.807, 2.05) is 13.8 Å². The van der Waals surface area contributed by atoms with Gasteiger partial charge in [0, 0.05) is 19.2 Å². The van der Waals surface area contributed by atoms with Crippen LogP contribution >= 0.6 is 0 Å². The summed E-state index contributed by atoms with van der Waals surface area (Å²) in [6, 6.07) is 6.47. The zero-order valence-electron chi connectivity index (χ0n) is 17.5. The highest BCUT2D eigenvalue weighted by Gasteiger charge is 2.41. The van der Waals surface area contributed by atoms with E-state index in [1.54, 1.807) is 0 Å². The number of nitrogens with zero attached hydrogens (tertiary/aromatic N) is 2. The number of rotatable bonds is 6. The number of carbonyl (C=O) groups excluding carboxylic acids is 2. The summed E-state index contributed by atoms with van der Waals surface area (Å²) in [5.41, 5.74) is 11.5. The Morgan fingerprint density at radius 2 is 1.91 bits per heavy atom. The van der Waals surface area contributed by atoms with Crippen LogP contribution in [0.15, 0.2) is 36.5 Å². The first-order valence-electron chi connectivity index (χ1n) is 9.69. The van der Waals surface area contributed by atoms with Crippen LogP contribution in [0.4, 0.5) is 19.0 Å². The van der Waals surface area contributed by atoms with Crippen LogP contribution in [0, 0.1) is 5.41 Å². The van der Waals surface area contributed by atoms with Crippen molar-refractivity contribution in [2.75, 3.05) is 12.3 Å². The van der Waals surface area contributed by atoms with Gasteiger partial charge >= 0.3 is 6.36 Å². The van der Waals surface area contributed by atoms with Gasteiger partial charge in [-0.25, -0.2) is 4.98 Å². The molecule has 1 fully saturated rings. The Bertz CT molecular complexity index is 1010. The first kappa shape index (κ1) is 23.2. The number of pyridine rings is 1. The minimum atomic E-state index is -4.79. The van der Waals surface area contributed by atoms with Crippen LogP contribution in [-0.2, 0) is 11.2 Å². The molecule has 0 unspecified atom stereocenters. The Hall–Kier alpha value is -3.50. The molecule has 172 valence electrons. The molecule has 3 rings (SSSR count). The van der Waals surface area contributed by atoms with Gasteiger partial charge in [0.05, 0.1) is 12.0 Å². The van der Waals surface area contributed by atoms with Gasteiger partial charge in [-0.05, 0) is 29.2 Å². The molecule has 8 nitrogen and oxygen atoms in total. The molecular formula is C21H23F3N4O4. The summed E-state index contributed by atoms with van der Waals surface area (Å²) in [5, 5.41) is 0. The first-order valence-corrected chi connectivity index (χ1v) is 9.69. The number of nitrogens with two attached hydrogens (primary N) is 2. The highest BCUT2D eigenvalue weighted by atomic mass is 19.4. The fourth-order valence-corrected chi connectivity index (χ4v) is 3.48. The Labute approximate surface area is 182 Å². The largest absolute Gasteiger partial charge is 0.573 e. The zero-order chi connectivity index (χ0) is 23.7. The molecule has 32 heavy (non-hydrogen) atoms. The lowest BCUT2D eigenvalue weighted by molar-refractivity contribution is -0.274. The van der Waals surface area contributed by atoms with Gasteiger partial charge in [0.2, 0.25) is 11.8 Å². The molecule has 4 N–H and O–H groups in total. The number of amides is 2. The summed E-state index contributed by atoms with van der Waals surface area (Å²) in [7, 11) is 0. The van der Waals surface area contributed by atoms with Gasteiger partial charge in [0.15, 0.2) is 17.8 Å². The summed E-state index contributed by atoms with van der Waals surface area (Å²) >= 11 is 0. The minimum Gasteiger partial charge on any atom is -0.467 e. The number of benzene rings is 1. The van der Waals surface area contributed by atoms with Crippen molar-refractivity contribution in [2.45, 2.75) is 39.3 Å². The van der Waals surface area contributed by atoms with Crippen molar-refractivity contribution >= 4 is 17.6 Å². The fourth-order valence-electron chi connectivity index (χ4n) is 3.48. The Morgan fingerprint density at radius 1 is 1.25 bits per heavy atom. The molecule has 2 amide bonds. The third kappa shape index (κ3) is 5.80. The van der Waals surface area contributed by atoms with Gasteiger partial charge < -0.3 is 25.8 Å². The van der Waals surface area contributed by atoms with Crippen LogP contribution in [0.2, 0.25) is 0 Å². The van der Waals surface area contributed by atoms with Crippen molar-refractivity contribution in [3.63, 3.8) is 0 Å². The highest BCUT2D eigenvalue weighted by Crippen LogP contribution is 2.36. The Morgan fingerprint density at radius 3 is 2.50 bits per heavy atom. The van der Waals surface area contributed by atoms with Crippen molar-refractivity contribution in [3.8, 4) is 11.5 Å². The molecular weight excluding hydrogens is 429 g/mol. The number of primary amides is 1. The topological polar surface area (TPSA) is 121 Å². The van der Waals surface area contributed by atoms with E-state index < -0.39 is 18.5 Å². The minimum absolute atomic E-state index is 0.0443. The van der Waals surface area contributed by atoms with Gasteiger partial charge in [-0.15, -0.1) is 13.2 Å². The molecule has 0 spiro atoms. The van der Waals surface area contributed by atoms with E-state index in [0.717, 1.165) is 12.1 Å². The number of carbonyl (C=O) groups is 2. The molecule has 11 heteroatoms. The number of ether oxygens (including phenoxy) is 2. The van der Waals surface area contributed by atoms with E-state index in [4.69, 9.17) is 16.2 Å². The van der Waals surface area contributed by atoms with Crippen LogP contribution in [-0.4, -0.2) is 40.8 Å². The molecule has 1 atom stereocenters. The van der Waals surface area contributed by atoms with E-state index in [2.05, 4.69) is 9.72 Å². The second kappa shape index (κ2) is 8.56. The molecule has 1 aromatic heterocycles. The van der Waals surface area contributed by atoms with Crippen molar-refractivity contribution in [2.24, 2.45) is 11.1 Å². The summed E-state index contributed by atoms with van der Waals surface area (Å²) < 4.78 is 46.7. The summed E-state index contributed by atoms with van der Waals surface area (Å²) in [6.07, 6.45) is -3.77. The van der Waals surface area contributed by atoms with Gasteiger partial charge in [-0.1, -0.05) is 26.0 Å². The number of hydrogen-bond acceptors (Lipinski definition) is 6. The molecule has 2 aromatic rings. The third-order valence-electron chi connectivity index (χ3n) is 4.94. The smallest absolute Gasteiger partial charge is 0.467 e. The average molecular weight is 452 g/mol.